The smallest absolute Gasteiger partial charge is 0.320 e. The number of methoxy groups -OCH3 is 1. The van der Waals surface area contributed by atoms with Gasteiger partial charge >= 0.3 is 5.97 Å². The van der Waals surface area contributed by atoms with Crippen molar-refractivity contribution >= 4 is 17.3 Å². The van der Waals surface area contributed by atoms with Crippen molar-refractivity contribution in [1.82, 2.24) is 0 Å². The molecule has 0 spiro atoms. The summed E-state index contributed by atoms with van der Waals surface area (Å²) in [6, 6.07) is 10.8. The highest BCUT2D eigenvalue weighted by molar-refractivity contribution is 7.15. The Morgan fingerprint density at radius 1 is 1.37 bits per heavy atom. The summed E-state index contributed by atoms with van der Waals surface area (Å²) in [6.07, 6.45) is 0.342. The average Bonchev–Trinajstić information content (AvgIpc) is 2.86. The van der Waals surface area contributed by atoms with Crippen LogP contribution >= 0.6 is 11.3 Å². The summed E-state index contributed by atoms with van der Waals surface area (Å²) in [5.74, 6) is -0.175. The number of benzene rings is 1. The van der Waals surface area contributed by atoms with Crippen LogP contribution in [0.3, 0.4) is 0 Å². The largest absolute Gasteiger partial charge is 0.496 e. The molecule has 19 heavy (non-hydrogen) atoms. The highest BCUT2D eigenvalue weighted by atomic mass is 32.1. The van der Waals surface area contributed by atoms with E-state index in [9.17, 15) is 4.79 Å². The molecule has 3 N–H and O–H groups in total. The molecule has 5 heteroatoms. The summed E-state index contributed by atoms with van der Waals surface area (Å²) in [4.78, 5) is 12.7. The predicted octanol–water partition coefficient (Wildman–Crippen LogP) is 2.38. The minimum atomic E-state index is -0.979. The lowest BCUT2D eigenvalue weighted by molar-refractivity contribution is -0.138. The van der Waals surface area contributed by atoms with Gasteiger partial charge in [0.25, 0.3) is 0 Å². The van der Waals surface area contributed by atoms with E-state index in [-0.39, 0.29) is 0 Å². The van der Waals surface area contributed by atoms with Gasteiger partial charge in [0.15, 0.2) is 0 Å². The van der Waals surface area contributed by atoms with Crippen molar-refractivity contribution in [2.45, 2.75) is 12.5 Å². The fourth-order valence-electron chi connectivity index (χ4n) is 1.78. The number of nitrogens with two attached hydrogens (primary N) is 1. The van der Waals surface area contributed by atoms with Gasteiger partial charge in [-0.05, 0) is 24.3 Å². The number of thiophene rings is 1. The molecule has 1 atom stereocenters. The highest BCUT2D eigenvalue weighted by Gasteiger charge is 2.14. The van der Waals surface area contributed by atoms with Crippen molar-refractivity contribution < 1.29 is 14.6 Å². The van der Waals surface area contributed by atoms with Crippen molar-refractivity contribution in [3.63, 3.8) is 0 Å². The average molecular weight is 277 g/mol. The van der Waals surface area contributed by atoms with Crippen molar-refractivity contribution in [1.29, 1.82) is 0 Å². The summed E-state index contributed by atoms with van der Waals surface area (Å²) < 4.78 is 5.32. The minimum absolute atomic E-state index is 0.342. The molecule has 2 aromatic rings. The first kappa shape index (κ1) is 13.6. The molecule has 0 fully saturated rings. The molecule has 4 nitrogen and oxygen atoms in total. The van der Waals surface area contributed by atoms with E-state index in [1.165, 1.54) is 11.3 Å². The molecular weight excluding hydrogens is 262 g/mol. The molecule has 1 aromatic heterocycles. The molecule has 1 aromatic carbocycles. The normalized spacial score (nSPS) is 12.1. The maximum absolute atomic E-state index is 10.7. The molecule has 0 aliphatic heterocycles. The molecule has 0 aliphatic rings. The van der Waals surface area contributed by atoms with Crippen LogP contribution in [-0.4, -0.2) is 24.2 Å². The zero-order valence-electron chi connectivity index (χ0n) is 10.5. The monoisotopic (exact) mass is 277 g/mol. The Labute approximate surface area is 115 Å². The summed E-state index contributed by atoms with van der Waals surface area (Å²) in [5.41, 5.74) is 6.54. The third kappa shape index (κ3) is 3.13. The zero-order chi connectivity index (χ0) is 13.8. The fraction of sp³-hybridized carbons (Fsp3) is 0.214. The topological polar surface area (TPSA) is 72.5 Å². The van der Waals surface area contributed by atoms with Gasteiger partial charge in [-0.1, -0.05) is 12.1 Å². The van der Waals surface area contributed by atoms with Gasteiger partial charge in [-0.25, -0.2) is 0 Å². The third-order valence-electron chi connectivity index (χ3n) is 2.77. The number of carboxylic acid groups (broad SMARTS) is 1. The molecule has 0 amide bonds. The van der Waals surface area contributed by atoms with E-state index < -0.39 is 12.0 Å². The molecule has 0 saturated heterocycles. The van der Waals surface area contributed by atoms with Gasteiger partial charge in [0.05, 0.1) is 7.11 Å². The molecule has 100 valence electrons. The summed E-state index contributed by atoms with van der Waals surface area (Å²) in [6.45, 7) is 0. The molecule has 0 aliphatic carbocycles. The summed E-state index contributed by atoms with van der Waals surface area (Å²) in [5, 5.41) is 8.81. The molecule has 2 rings (SSSR count). The second kappa shape index (κ2) is 5.86. The van der Waals surface area contributed by atoms with Crippen LogP contribution in [0.15, 0.2) is 36.4 Å². The van der Waals surface area contributed by atoms with E-state index in [0.29, 0.717) is 6.42 Å². The van der Waals surface area contributed by atoms with Gasteiger partial charge in [0.1, 0.15) is 11.8 Å². The first-order valence-corrected chi connectivity index (χ1v) is 6.64. The number of rotatable bonds is 5. The van der Waals surface area contributed by atoms with Crippen molar-refractivity contribution in [2.24, 2.45) is 5.73 Å². The van der Waals surface area contributed by atoms with Crippen molar-refractivity contribution in [3.05, 3.63) is 41.3 Å². The second-order valence-electron chi connectivity index (χ2n) is 4.12. The Balaban J connectivity index is 2.23. The zero-order valence-corrected chi connectivity index (χ0v) is 11.3. The van der Waals surface area contributed by atoms with Crippen LogP contribution in [0.5, 0.6) is 5.75 Å². The van der Waals surface area contributed by atoms with Gasteiger partial charge in [0.2, 0.25) is 0 Å². The van der Waals surface area contributed by atoms with E-state index >= 15 is 0 Å². The van der Waals surface area contributed by atoms with Crippen molar-refractivity contribution in [3.8, 4) is 16.2 Å². The van der Waals surface area contributed by atoms with Crippen LogP contribution in [-0.2, 0) is 11.2 Å². The Kier molecular flexibility index (Phi) is 4.19. The number of carboxylic acids is 1. The Hall–Kier alpha value is -1.85. The van der Waals surface area contributed by atoms with Gasteiger partial charge < -0.3 is 15.6 Å². The highest BCUT2D eigenvalue weighted by Crippen LogP contribution is 2.34. The molecule has 0 saturated carbocycles. The van der Waals surface area contributed by atoms with Crippen LogP contribution in [0.1, 0.15) is 4.88 Å². The van der Waals surface area contributed by atoms with Crippen LogP contribution in [0.25, 0.3) is 10.4 Å². The number of carbonyl (C=O) groups is 1. The predicted molar refractivity (Wildman–Crippen MR) is 75.6 cm³/mol. The maximum atomic E-state index is 10.7. The Morgan fingerprint density at radius 2 is 2.11 bits per heavy atom. The van der Waals surface area contributed by atoms with Gasteiger partial charge in [0, 0.05) is 21.7 Å². The van der Waals surface area contributed by atoms with Gasteiger partial charge in [-0.15, -0.1) is 11.3 Å². The van der Waals surface area contributed by atoms with Crippen molar-refractivity contribution in [2.75, 3.05) is 7.11 Å². The maximum Gasteiger partial charge on any atom is 0.320 e. The summed E-state index contributed by atoms with van der Waals surface area (Å²) >= 11 is 1.54. The van der Waals surface area contributed by atoms with E-state index in [4.69, 9.17) is 15.6 Å². The number of ether oxygens (including phenoxy) is 1. The number of hydrogen-bond acceptors (Lipinski definition) is 4. The van der Waals surface area contributed by atoms with E-state index in [0.717, 1.165) is 21.1 Å². The third-order valence-corrected chi connectivity index (χ3v) is 3.91. The quantitative estimate of drug-likeness (QED) is 0.880. The molecule has 1 heterocycles. The van der Waals surface area contributed by atoms with Crippen LogP contribution in [0.2, 0.25) is 0 Å². The van der Waals surface area contributed by atoms with Gasteiger partial charge in [-0.3, -0.25) is 4.79 Å². The Bertz CT molecular complexity index is 580. The molecule has 0 bridgehead atoms. The van der Waals surface area contributed by atoms with E-state index in [1.54, 1.807) is 7.11 Å². The fourth-order valence-corrected chi connectivity index (χ4v) is 2.88. The van der Waals surface area contributed by atoms with Crippen LogP contribution in [0, 0.1) is 0 Å². The summed E-state index contributed by atoms with van der Waals surface area (Å²) in [7, 11) is 1.63. The molecule has 0 radical (unpaired) electrons. The number of hydrogen-bond donors (Lipinski definition) is 2. The first-order chi connectivity index (χ1) is 9.11. The number of para-hydroxylation sites is 1. The first-order valence-electron chi connectivity index (χ1n) is 5.82. The molecule has 1 unspecified atom stereocenters. The van der Waals surface area contributed by atoms with Crippen LogP contribution < -0.4 is 10.5 Å². The Morgan fingerprint density at radius 3 is 2.79 bits per heavy atom. The van der Waals surface area contributed by atoms with Crippen LogP contribution in [0.4, 0.5) is 0 Å². The second-order valence-corrected chi connectivity index (χ2v) is 5.28. The lowest BCUT2D eigenvalue weighted by Crippen LogP contribution is -2.31. The SMILES string of the molecule is COc1ccccc1-c1ccc(CC(N)C(=O)O)s1. The van der Waals surface area contributed by atoms with E-state index in [2.05, 4.69) is 0 Å². The molecular formula is C14H15NO3S. The van der Waals surface area contributed by atoms with E-state index in [1.807, 2.05) is 36.4 Å². The number of aliphatic carboxylic acids is 1. The minimum Gasteiger partial charge on any atom is -0.496 e. The lowest BCUT2D eigenvalue weighted by Gasteiger charge is -2.06. The standard InChI is InChI=1S/C14H15NO3S/c1-18-12-5-3-2-4-10(12)13-7-6-9(19-13)8-11(15)14(16)17/h2-7,11H,8,15H2,1H3,(H,16,17). The lowest BCUT2D eigenvalue weighted by atomic mass is 10.1. The van der Waals surface area contributed by atoms with Gasteiger partial charge in [-0.2, -0.15) is 0 Å².